The Hall–Kier alpha value is -1.62. The van der Waals surface area contributed by atoms with Crippen LogP contribution >= 0.6 is 0 Å². The summed E-state index contributed by atoms with van der Waals surface area (Å²) in [7, 11) is 0. The van der Waals surface area contributed by atoms with Gasteiger partial charge in [-0.25, -0.2) is 0 Å². The van der Waals surface area contributed by atoms with Gasteiger partial charge >= 0.3 is 5.97 Å². The molecule has 4 atom stereocenters. The van der Waals surface area contributed by atoms with Gasteiger partial charge < -0.3 is 15.2 Å². The number of carbonyl (C=O) groups excluding carboxylic acids is 1. The number of hydrogen-bond donors (Lipinski definition) is 1. The predicted octanol–water partition coefficient (Wildman–Crippen LogP) is 2.47. The number of rotatable bonds is 3. The van der Waals surface area contributed by atoms with Gasteiger partial charge in [0, 0.05) is 31.0 Å². The molecule has 0 aliphatic carbocycles. The van der Waals surface area contributed by atoms with Gasteiger partial charge in [-0.05, 0) is 12.5 Å². The van der Waals surface area contributed by atoms with Crippen molar-refractivity contribution in [3.05, 3.63) is 24.0 Å². The zero-order valence-corrected chi connectivity index (χ0v) is 12.2. The van der Waals surface area contributed by atoms with Crippen LogP contribution in [-0.4, -0.2) is 23.2 Å². The first kappa shape index (κ1) is 14.8. The van der Waals surface area contributed by atoms with Gasteiger partial charge in [0.25, 0.3) is 0 Å². The van der Waals surface area contributed by atoms with E-state index in [0.717, 1.165) is 12.0 Å². The van der Waals surface area contributed by atoms with Gasteiger partial charge in [-0.15, -0.1) is 0 Å². The third-order valence-electron chi connectivity index (χ3n) is 3.91. The number of nitrogen functional groups attached to an aromatic ring is 1. The summed E-state index contributed by atoms with van der Waals surface area (Å²) in [5.41, 5.74) is 7.50. The third kappa shape index (κ3) is 3.10. The zero-order valence-electron chi connectivity index (χ0n) is 12.2. The largest absolute Gasteiger partial charge is 0.462 e. The molecule has 0 aromatic carbocycles. The number of pyridine rings is 1. The van der Waals surface area contributed by atoms with Crippen molar-refractivity contribution < 1.29 is 14.3 Å². The molecule has 5 heteroatoms. The molecular formula is C15H22N2O3. The van der Waals surface area contributed by atoms with E-state index in [2.05, 4.69) is 18.8 Å². The van der Waals surface area contributed by atoms with Crippen LogP contribution in [-0.2, 0) is 14.3 Å². The van der Waals surface area contributed by atoms with Crippen LogP contribution in [0, 0.1) is 5.92 Å². The highest BCUT2D eigenvalue weighted by molar-refractivity contribution is 5.66. The van der Waals surface area contributed by atoms with Gasteiger partial charge in [0.05, 0.1) is 24.1 Å². The van der Waals surface area contributed by atoms with Crippen molar-refractivity contribution in [1.82, 2.24) is 4.98 Å². The first-order valence-corrected chi connectivity index (χ1v) is 7.05. The fourth-order valence-electron chi connectivity index (χ4n) is 2.80. The summed E-state index contributed by atoms with van der Waals surface area (Å²) in [6.07, 6.45) is 4.61. The highest BCUT2D eigenvalue weighted by Gasteiger charge is 2.38. The highest BCUT2D eigenvalue weighted by Crippen LogP contribution is 2.38. The Bertz CT molecular complexity index is 478. The van der Waals surface area contributed by atoms with Crippen molar-refractivity contribution in [2.75, 3.05) is 5.73 Å². The molecule has 4 unspecified atom stereocenters. The fraction of sp³-hybridized carbons (Fsp3) is 0.600. The van der Waals surface area contributed by atoms with E-state index < -0.39 is 0 Å². The number of anilines is 1. The smallest absolute Gasteiger partial charge is 0.302 e. The molecule has 2 rings (SSSR count). The van der Waals surface area contributed by atoms with Crippen molar-refractivity contribution in [2.24, 2.45) is 5.92 Å². The van der Waals surface area contributed by atoms with Crippen LogP contribution in [0.15, 0.2) is 18.5 Å². The topological polar surface area (TPSA) is 74.4 Å². The van der Waals surface area contributed by atoms with Crippen LogP contribution in [0.1, 0.15) is 45.3 Å². The Morgan fingerprint density at radius 3 is 2.95 bits per heavy atom. The Morgan fingerprint density at radius 1 is 1.60 bits per heavy atom. The van der Waals surface area contributed by atoms with Crippen LogP contribution in [0.25, 0.3) is 0 Å². The molecule has 0 bridgehead atoms. The van der Waals surface area contributed by atoms with Crippen molar-refractivity contribution in [1.29, 1.82) is 0 Å². The Morgan fingerprint density at radius 2 is 2.35 bits per heavy atom. The van der Waals surface area contributed by atoms with E-state index in [0.29, 0.717) is 12.1 Å². The molecule has 1 aromatic rings. The lowest BCUT2D eigenvalue weighted by molar-refractivity contribution is -0.173. The summed E-state index contributed by atoms with van der Waals surface area (Å²) in [4.78, 5) is 15.3. The normalized spacial score (nSPS) is 29.9. The number of nitrogens with two attached hydrogens (primary N) is 1. The van der Waals surface area contributed by atoms with Crippen molar-refractivity contribution >= 4 is 11.7 Å². The lowest BCUT2D eigenvalue weighted by Gasteiger charge is -2.40. The SMILES string of the molecule is CCC1OC(c2ccncc2N)CC(OC(C)=O)C1C. The monoisotopic (exact) mass is 278 g/mol. The molecule has 1 saturated heterocycles. The van der Waals surface area contributed by atoms with Crippen molar-refractivity contribution in [3.8, 4) is 0 Å². The molecule has 2 heterocycles. The minimum Gasteiger partial charge on any atom is -0.462 e. The van der Waals surface area contributed by atoms with Gasteiger partial charge in [-0.1, -0.05) is 13.8 Å². The van der Waals surface area contributed by atoms with Crippen molar-refractivity contribution in [2.45, 2.75) is 51.9 Å². The van der Waals surface area contributed by atoms with Crippen molar-refractivity contribution in [3.63, 3.8) is 0 Å². The van der Waals surface area contributed by atoms with Gasteiger partial charge in [0.15, 0.2) is 0 Å². The Kier molecular flexibility index (Phi) is 4.60. The molecule has 0 amide bonds. The molecule has 0 saturated carbocycles. The summed E-state index contributed by atoms with van der Waals surface area (Å²) >= 11 is 0. The molecule has 110 valence electrons. The molecular weight excluding hydrogens is 256 g/mol. The summed E-state index contributed by atoms with van der Waals surface area (Å²) in [6.45, 7) is 5.58. The molecule has 0 spiro atoms. The molecule has 0 radical (unpaired) electrons. The fourth-order valence-corrected chi connectivity index (χ4v) is 2.80. The quantitative estimate of drug-likeness (QED) is 0.860. The van der Waals surface area contributed by atoms with Gasteiger partial charge in [0.1, 0.15) is 6.10 Å². The number of ether oxygens (including phenoxy) is 2. The van der Waals surface area contributed by atoms with Crippen LogP contribution in [0.4, 0.5) is 5.69 Å². The maximum absolute atomic E-state index is 11.3. The number of aromatic nitrogens is 1. The first-order valence-electron chi connectivity index (χ1n) is 7.05. The van der Waals surface area contributed by atoms with Crippen LogP contribution in [0.5, 0.6) is 0 Å². The lowest BCUT2D eigenvalue weighted by Crippen LogP contribution is -2.41. The maximum Gasteiger partial charge on any atom is 0.302 e. The predicted molar refractivity (Wildman–Crippen MR) is 75.9 cm³/mol. The Balaban J connectivity index is 2.22. The van der Waals surface area contributed by atoms with Crippen LogP contribution in [0.3, 0.4) is 0 Å². The second-order valence-electron chi connectivity index (χ2n) is 5.32. The second kappa shape index (κ2) is 6.22. The molecule has 1 aliphatic heterocycles. The number of nitrogens with zero attached hydrogens (tertiary/aromatic N) is 1. The lowest BCUT2D eigenvalue weighted by atomic mass is 9.86. The molecule has 2 N–H and O–H groups in total. The van der Waals surface area contributed by atoms with E-state index >= 15 is 0 Å². The molecule has 20 heavy (non-hydrogen) atoms. The summed E-state index contributed by atoms with van der Waals surface area (Å²) < 4.78 is 11.6. The average molecular weight is 278 g/mol. The molecule has 5 nitrogen and oxygen atoms in total. The zero-order chi connectivity index (χ0) is 14.7. The van der Waals surface area contributed by atoms with Gasteiger partial charge in [-0.3, -0.25) is 9.78 Å². The van der Waals surface area contributed by atoms with E-state index in [4.69, 9.17) is 15.2 Å². The average Bonchev–Trinajstić information content (AvgIpc) is 2.41. The van der Waals surface area contributed by atoms with Crippen LogP contribution < -0.4 is 5.73 Å². The number of carbonyl (C=O) groups is 1. The van der Waals surface area contributed by atoms with E-state index in [9.17, 15) is 4.79 Å². The minimum absolute atomic E-state index is 0.0608. The van der Waals surface area contributed by atoms with Crippen LogP contribution in [0.2, 0.25) is 0 Å². The van der Waals surface area contributed by atoms with E-state index in [1.807, 2.05) is 6.07 Å². The van der Waals surface area contributed by atoms with Gasteiger partial charge in [0.2, 0.25) is 0 Å². The molecule has 1 aromatic heterocycles. The Labute approximate surface area is 119 Å². The number of esters is 1. The standard InChI is InChI=1S/C15H22N2O3/c1-4-13-9(2)14(19-10(3)18)7-15(20-13)11-5-6-17-8-12(11)16/h5-6,8-9,13-15H,4,7,16H2,1-3H3. The summed E-state index contributed by atoms with van der Waals surface area (Å²) in [6, 6.07) is 1.87. The maximum atomic E-state index is 11.3. The molecule has 1 aliphatic rings. The van der Waals surface area contributed by atoms with Gasteiger partial charge in [-0.2, -0.15) is 0 Å². The first-order chi connectivity index (χ1) is 9.52. The minimum atomic E-state index is -0.250. The number of hydrogen-bond acceptors (Lipinski definition) is 5. The summed E-state index contributed by atoms with van der Waals surface area (Å²) in [5, 5.41) is 0. The highest BCUT2D eigenvalue weighted by atomic mass is 16.6. The second-order valence-corrected chi connectivity index (χ2v) is 5.32. The third-order valence-corrected chi connectivity index (χ3v) is 3.91. The van der Waals surface area contributed by atoms with E-state index in [1.54, 1.807) is 12.4 Å². The van der Waals surface area contributed by atoms with E-state index in [1.165, 1.54) is 6.92 Å². The van der Waals surface area contributed by atoms with E-state index in [-0.39, 0.29) is 30.2 Å². The summed E-state index contributed by atoms with van der Waals surface area (Å²) in [5.74, 6) is -0.0664. The molecule has 1 fully saturated rings.